The number of likely N-dealkylation sites (tertiary alicyclic amines) is 1. The Kier molecular flexibility index (Phi) is 6.04. The van der Waals surface area contributed by atoms with Gasteiger partial charge in [0.05, 0.1) is 7.11 Å². The lowest BCUT2D eigenvalue weighted by Gasteiger charge is -2.31. The predicted octanol–water partition coefficient (Wildman–Crippen LogP) is 3.30. The van der Waals surface area contributed by atoms with Crippen LogP contribution in [-0.4, -0.2) is 47.1 Å². The van der Waals surface area contributed by atoms with Crippen molar-refractivity contribution in [3.8, 4) is 5.75 Å². The van der Waals surface area contributed by atoms with Gasteiger partial charge in [-0.3, -0.25) is 9.69 Å². The molecule has 1 aromatic carbocycles. The number of ether oxygens (including phenoxy) is 1. The zero-order valence-corrected chi connectivity index (χ0v) is 15.5. The second-order valence-corrected chi connectivity index (χ2v) is 7.02. The van der Waals surface area contributed by atoms with Gasteiger partial charge >= 0.3 is 0 Å². The van der Waals surface area contributed by atoms with Gasteiger partial charge in [-0.15, -0.1) is 0 Å². The number of hydrogen-bond donors (Lipinski definition) is 0. The second-order valence-electron chi connectivity index (χ2n) is 6.25. The number of Topliss-reactive ketones (excluding diaryl/α,β-unsaturated/α-hetero) is 1. The van der Waals surface area contributed by atoms with E-state index in [4.69, 9.17) is 4.74 Å². The minimum atomic E-state index is 0.0345. The van der Waals surface area contributed by atoms with Crippen LogP contribution in [0.3, 0.4) is 0 Å². The van der Waals surface area contributed by atoms with Gasteiger partial charge in [0.1, 0.15) is 5.75 Å². The fourth-order valence-corrected chi connectivity index (χ4v) is 3.53. The van der Waals surface area contributed by atoms with Gasteiger partial charge in [0.2, 0.25) is 0 Å². The molecule has 1 aliphatic heterocycles. The number of nitrogens with zero attached hydrogens (tertiary/aromatic N) is 3. The van der Waals surface area contributed by atoms with E-state index >= 15 is 0 Å². The van der Waals surface area contributed by atoms with Crippen molar-refractivity contribution in [1.82, 2.24) is 14.9 Å². The molecule has 1 atom stereocenters. The highest BCUT2D eigenvalue weighted by Crippen LogP contribution is 2.24. The lowest BCUT2D eigenvalue weighted by atomic mass is 9.90. The largest absolute Gasteiger partial charge is 0.497 e. The van der Waals surface area contributed by atoms with Crippen LogP contribution >= 0.6 is 11.8 Å². The number of carbonyl (C=O) groups is 1. The average molecular weight is 357 g/mol. The molecule has 1 aromatic heterocycles. The lowest BCUT2D eigenvalue weighted by Crippen LogP contribution is -2.38. The molecule has 1 unspecified atom stereocenters. The Morgan fingerprint density at radius 1 is 1.36 bits per heavy atom. The Morgan fingerprint density at radius 2 is 2.16 bits per heavy atom. The molecule has 25 heavy (non-hydrogen) atoms. The van der Waals surface area contributed by atoms with Gasteiger partial charge < -0.3 is 4.74 Å². The van der Waals surface area contributed by atoms with Crippen LogP contribution in [0.25, 0.3) is 0 Å². The predicted molar refractivity (Wildman–Crippen MR) is 99.1 cm³/mol. The molecule has 0 radical (unpaired) electrons. The molecule has 2 heterocycles. The van der Waals surface area contributed by atoms with E-state index in [-0.39, 0.29) is 11.7 Å². The number of ketones is 1. The van der Waals surface area contributed by atoms with Crippen LogP contribution in [0, 0.1) is 5.92 Å². The Bertz CT molecular complexity index is 721. The normalized spacial score (nSPS) is 18.1. The molecule has 0 saturated carbocycles. The van der Waals surface area contributed by atoms with E-state index in [0.29, 0.717) is 0 Å². The molecule has 1 saturated heterocycles. The summed E-state index contributed by atoms with van der Waals surface area (Å²) in [6.07, 6.45) is 7.70. The summed E-state index contributed by atoms with van der Waals surface area (Å²) in [4.78, 5) is 23.8. The first-order valence-electron chi connectivity index (χ1n) is 8.45. The van der Waals surface area contributed by atoms with Crippen molar-refractivity contribution in [3.05, 3.63) is 47.8 Å². The van der Waals surface area contributed by atoms with Crippen molar-refractivity contribution in [2.75, 3.05) is 26.5 Å². The van der Waals surface area contributed by atoms with Crippen LogP contribution in [0.2, 0.25) is 0 Å². The van der Waals surface area contributed by atoms with Gasteiger partial charge in [0.15, 0.2) is 10.9 Å². The van der Waals surface area contributed by atoms with E-state index in [1.54, 1.807) is 7.11 Å². The Balaban J connectivity index is 1.64. The van der Waals surface area contributed by atoms with Gasteiger partial charge in [-0.05, 0) is 37.8 Å². The zero-order chi connectivity index (χ0) is 17.6. The first-order valence-corrected chi connectivity index (χ1v) is 9.67. The quantitative estimate of drug-likeness (QED) is 0.449. The zero-order valence-electron chi connectivity index (χ0n) is 14.6. The summed E-state index contributed by atoms with van der Waals surface area (Å²) in [5, 5.41) is 0.786. The monoisotopic (exact) mass is 357 g/mol. The van der Waals surface area contributed by atoms with E-state index in [0.717, 1.165) is 54.5 Å². The van der Waals surface area contributed by atoms with E-state index in [1.165, 1.54) is 11.8 Å². The molecule has 0 amide bonds. The van der Waals surface area contributed by atoms with Crippen LogP contribution in [0.4, 0.5) is 0 Å². The number of carbonyl (C=O) groups excluding carboxylic acids is 1. The molecule has 0 N–H and O–H groups in total. The number of piperidine rings is 1. The highest BCUT2D eigenvalue weighted by molar-refractivity contribution is 7.98. The number of rotatable bonds is 6. The van der Waals surface area contributed by atoms with E-state index < -0.39 is 0 Å². The molecular weight excluding hydrogens is 334 g/mol. The molecule has 2 aromatic rings. The first-order chi connectivity index (χ1) is 12.2. The molecule has 6 heteroatoms. The number of thioether (sulfide) groups is 1. The molecule has 0 bridgehead atoms. The molecule has 132 valence electrons. The molecule has 0 aliphatic carbocycles. The average Bonchev–Trinajstić information content (AvgIpc) is 2.68. The summed E-state index contributed by atoms with van der Waals surface area (Å²) in [5.41, 5.74) is 1.83. The second kappa shape index (κ2) is 8.45. The fourth-order valence-electron chi connectivity index (χ4n) is 3.21. The molecule has 0 spiro atoms. The molecule has 1 fully saturated rings. The van der Waals surface area contributed by atoms with Gasteiger partial charge in [-0.2, -0.15) is 0 Å². The molecule has 1 aliphatic rings. The SMILES string of the molecule is COc1cccc(C(=O)C2CCCN(Cc3cnc(SC)nc3)C2)c1. The number of methoxy groups -OCH3 is 1. The third-order valence-corrected chi connectivity index (χ3v) is 5.08. The Labute approximate surface area is 152 Å². The molecular formula is C19H23N3O2S. The van der Waals surface area contributed by atoms with Crippen molar-refractivity contribution >= 4 is 17.5 Å². The highest BCUT2D eigenvalue weighted by atomic mass is 32.2. The maximum absolute atomic E-state index is 12.8. The van der Waals surface area contributed by atoms with Crippen LogP contribution in [-0.2, 0) is 6.54 Å². The Hall–Kier alpha value is -1.92. The summed E-state index contributed by atoms with van der Waals surface area (Å²) >= 11 is 1.54. The molecule has 5 nitrogen and oxygen atoms in total. The summed E-state index contributed by atoms with van der Waals surface area (Å²) in [6.45, 7) is 2.57. The summed E-state index contributed by atoms with van der Waals surface area (Å²) in [5.74, 6) is 0.967. The standard InChI is InChI=1S/C19H23N3O2S/c1-24-17-7-3-5-15(9-17)18(23)16-6-4-8-22(13-16)12-14-10-20-19(25-2)21-11-14/h3,5,7,9-11,16H,4,6,8,12-13H2,1-2H3. The lowest BCUT2D eigenvalue weighted by molar-refractivity contribution is 0.0811. The minimum Gasteiger partial charge on any atom is -0.497 e. The van der Waals surface area contributed by atoms with Crippen LogP contribution in [0.15, 0.2) is 41.8 Å². The van der Waals surface area contributed by atoms with Gasteiger partial charge in [-0.25, -0.2) is 9.97 Å². The van der Waals surface area contributed by atoms with Crippen LogP contribution in [0.1, 0.15) is 28.8 Å². The maximum atomic E-state index is 12.8. The third-order valence-electron chi connectivity index (χ3n) is 4.50. The van der Waals surface area contributed by atoms with Crippen LogP contribution in [0.5, 0.6) is 5.75 Å². The van der Waals surface area contributed by atoms with E-state index in [2.05, 4.69) is 14.9 Å². The van der Waals surface area contributed by atoms with Crippen molar-refractivity contribution in [1.29, 1.82) is 0 Å². The minimum absolute atomic E-state index is 0.0345. The number of benzene rings is 1. The van der Waals surface area contributed by atoms with Crippen molar-refractivity contribution in [2.24, 2.45) is 5.92 Å². The number of hydrogen-bond acceptors (Lipinski definition) is 6. The fraction of sp³-hybridized carbons (Fsp3) is 0.421. The highest BCUT2D eigenvalue weighted by Gasteiger charge is 2.26. The van der Waals surface area contributed by atoms with Crippen molar-refractivity contribution < 1.29 is 9.53 Å². The summed E-state index contributed by atoms with van der Waals surface area (Å²) < 4.78 is 5.23. The smallest absolute Gasteiger partial charge is 0.187 e. The van der Waals surface area contributed by atoms with Crippen molar-refractivity contribution in [3.63, 3.8) is 0 Å². The first kappa shape index (κ1) is 17.9. The summed E-state index contributed by atoms with van der Waals surface area (Å²) in [6, 6.07) is 7.44. The van der Waals surface area contributed by atoms with Gasteiger partial charge in [0.25, 0.3) is 0 Å². The van der Waals surface area contributed by atoms with Gasteiger partial charge in [0, 0.05) is 42.5 Å². The van der Waals surface area contributed by atoms with Crippen LogP contribution < -0.4 is 4.74 Å². The van der Waals surface area contributed by atoms with E-state index in [1.807, 2.05) is 42.9 Å². The number of aromatic nitrogens is 2. The molecule has 3 rings (SSSR count). The Morgan fingerprint density at radius 3 is 2.88 bits per heavy atom. The third kappa shape index (κ3) is 4.58. The summed E-state index contributed by atoms with van der Waals surface area (Å²) in [7, 11) is 1.62. The van der Waals surface area contributed by atoms with Gasteiger partial charge in [-0.1, -0.05) is 23.9 Å². The van der Waals surface area contributed by atoms with E-state index in [9.17, 15) is 4.79 Å². The topological polar surface area (TPSA) is 55.3 Å². The maximum Gasteiger partial charge on any atom is 0.187 e. The van der Waals surface area contributed by atoms with Crippen molar-refractivity contribution in [2.45, 2.75) is 24.5 Å².